The average Bonchev–Trinajstić information content (AvgIpc) is 3.39. The quantitative estimate of drug-likeness (QED) is 0.429. The molecule has 34 heavy (non-hydrogen) atoms. The van der Waals surface area contributed by atoms with Crippen LogP contribution in [0.25, 0.3) is 0 Å². The fraction of sp³-hybridized carbons (Fsp3) is 0.522. The normalized spacial score (nSPS) is 17.8. The molecule has 0 unspecified atom stereocenters. The Hall–Kier alpha value is -3.00. The zero-order chi connectivity index (χ0) is 25.3. The molecule has 0 fully saturated rings. The standard InChI is InChI=1S/C23H26F3N3O4S/c1-5-32-20(31)22(23(24,25)26,28-18(30)16-7-6-10-33-16)29-19-15(12-27)14-9-8-13(21(2,3)4)11-17(14)34-19/h6-7,10,13,29H,5,8-9,11H2,1-4H3,(H,28,30)/t13-,22-/m0/s1. The Labute approximate surface area is 199 Å². The fourth-order valence-corrected chi connectivity index (χ4v) is 5.30. The van der Waals surface area contributed by atoms with Crippen molar-refractivity contribution in [2.45, 2.75) is 58.8 Å². The van der Waals surface area contributed by atoms with Gasteiger partial charge in [-0.3, -0.25) is 4.79 Å². The summed E-state index contributed by atoms with van der Waals surface area (Å²) in [7, 11) is 0. The van der Waals surface area contributed by atoms with Crippen LogP contribution in [-0.4, -0.2) is 30.3 Å². The van der Waals surface area contributed by atoms with Gasteiger partial charge in [0.25, 0.3) is 5.91 Å². The van der Waals surface area contributed by atoms with E-state index in [1.165, 1.54) is 19.1 Å². The molecule has 2 atom stereocenters. The van der Waals surface area contributed by atoms with E-state index in [4.69, 9.17) is 9.15 Å². The highest BCUT2D eigenvalue weighted by Crippen LogP contribution is 2.45. The number of carbonyl (C=O) groups is 2. The van der Waals surface area contributed by atoms with E-state index in [9.17, 15) is 28.0 Å². The minimum absolute atomic E-state index is 0.0141. The van der Waals surface area contributed by atoms with Crippen molar-refractivity contribution in [1.82, 2.24) is 5.32 Å². The molecule has 3 rings (SSSR count). The van der Waals surface area contributed by atoms with Crippen LogP contribution in [0.1, 0.15) is 60.7 Å². The second-order valence-corrected chi connectivity index (χ2v) is 10.3. The highest BCUT2D eigenvalue weighted by Gasteiger charge is 2.64. The summed E-state index contributed by atoms with van der Waals surface area (Å²) >= 11 is 0.993. The van der Waals surface area contributed by atoms with Crippen molar-refractivity contribution < 1.29 is 31.9 Å². The van der Waals surface area contributed by atoms with E-state index in [1.807, 2.05) is 6.07 Å². The second-order valence-electron chi connectivity index (χ2n) is 9.15. The summed E-state index contributed by atoms with van der Waals surface area (Å²) in [5.41, 5.74) is -2.93. The Morgan fingerprint density at radius 1 is 1.32 bits per heavy atom. The molecule has 184 valence electrons. The molecule has 0 saturated carbocycles. The number of esters is 1. The molecule has 2 aromatic rings. The minimum atomic E-state index is -5.31. The number of ether oxygens (including phenoxy) is 1. The number of furan rings is 1. The number of hydrogen-bond donors (Lipinski definition) is 2. The van der Waals surface area contributed by atoms with Gasteiger partial charge in [-0.15, -0.1) is 11.3 Å². The highest BCUT2D eigenvalue weighted by molar-refractivity contribution is 7.16. The summed E-state index contributed by atoms with van der Waals surface area (Å²) in [6.45, 7) is 7.29. The lowest BCUT2D eigenvalue weighted by atomic mass is 9.72. The van der Waals surface area contributed by atoms with Crippen LogP contribution in [-0.2, 0) is 22.4 Å². The topological polar surface area (TPSA) is 104 Å². The molecule has 1 aliphatic carbocycles. The smallest absolute Gasteiger partial charge is 0.441 e. The van der Waals surface area contributed by atoms with Gasteiger partial charge < -0.3 is 19.8 Å². The van der Waals surface area contributed by atoms with Gasteiger partial charge in [-0.1, -0.05) is 20.8 Å². The Morgan fingerprint density at radius 3 is 2.56 bits per heavy atom. The van der Waals surface area contributed by atoms with Crippen LogP contribution < -0.4 is 10.6 Å². The molecular weight excluding hydrogens is 471 g/mol. The summed E-state index contributed by atoms with van der Waals surface area (Å²) in [5, 5.41) is 13.5. The van der Waals surface area contributed by atoms with Crippen LogP contribution in [0, 0.1) is 22.7 Å². The molecule has 0 spiro atoms. The Balaban J connectivity index is 2.08. The van der Waals surface area contributed by atoms with Gasteiger partial charge in [0, 0.05) is 4.88 Å². The molecule has 0 bridgehead atoms. The molecular formula is C23H26F3N3O4S. The predicted molar refractivity (Wildman–Crippen MR) is 119 cm³/mol. The van der Waals surface area contributed by atoms with Crippen molar-refractivity contribution in [3.63, 3.8) is 0 Å². The Morgan fingerprint density at radius 2 is 2.03 bits per heavy atom. The highest BCUT2D eigenvalue weighted by atomic mass is 32.1. The largest absolute Gasteiger partial charge is 0.463 e. The zero-order valence-corrected chi connectivity index (χ0v) is 20.1. The number of alkyl halides is 3. The lowest BCUT2D eigenvalue weighted by molar-refractivity contribution is -0.204. The van der Waals surface area contributed by atoms with Gasteiger partial charge in [-0.05, 0) is 55.2 Å². The van der Waals surface area contributed by atoms with Gasteiger partial charge in [0.2, 0.25) is 0 Å². The average molecular weight is 498 g/mol. The lowest BCUT2D eigenvalue weighted by Crippen LogP contribution is -2.69. The van der Waals surface area contributed by atoms with E-state index in [2.05, 4.69) is 26.1 Å². The number of carbonyl (C=O) groups excluding carboxylic acids is 2. The number of anilines is 1. The lowest BCUT2D eigenvalue weighted by Gasteiger charge is -2.34. The van der Waals surface area contributed by atoms with E-state index in [0.717, 1.165) is 28.9 Å². The van der Waals surface area contributed by atoms with Crippen molar-refractivity contribution in [2.24, 2.45) is 11.3 Å². The van der Waals surface area contributed by atoms with Gasteiger partial charge in [-0.2, -0.15) is 18.4 Å². The zero-order valence-electron chi connectivity index (χ0n) is 19.3. The van der Waals surface area contributed by atoms with Gasteiger partial charge in [0.1, 0.15) is 11.1 Å². The summed E-state index contributed by atoms with van der Waals surface area (Å²) in [6, 6.07) is 4.47. The van der Waals surface area contributed by atoms with Crippen LogP contribution in [0.3, 0.4) is 0 Å². The van der Waals surface area contributed by atoms with E-state index >= 15 is 0 Å². The summed E-state index contributed by atoms with van der Waals surface area (Å²) in [4.78, 5) is 26.1. The van der Waals surface area contributed by atoms with Crippen molar-refractivity contribution in [2.75, 3.05) is 11.9 Å². The Kier molecular flexibility index (Phi) is 7.03. The van der Waals surface area contributed by atoms with E-state index < -0.39 is 29.5 Å². The first-order valence-electron chi connectivity index (χ1n) is 10.8. The molecule has 0 radical (unpaired) electrons. The molecule has 0 aliphatic heterocycles. The number of rotatable bonds is 6. The summed E-state index contributed by atoms with van der Waals surface area (Å²) < 4.78 is 53.1. The third kappa shape index (κ3) is 4.78. The number of hydrogen-bond acceptors (Lipinski definition) is 7. The first kappa shape index (κ1) is 25.6. The van der Waals surface area contributed by atoms with Gasteiger partial charge >= 0.3 is 17.8 Å². The first-order valence-corrected chi connectivity index (χ1v) is 11.6. The van der Waals surface area contributed by atoms with Crippen molar-refractivity contribution in [3.05, 3.63) is 40.2 Å². The Bertz CT molecular complexity index is 1100. The molecule has 0 saturated heterocycles. The number of thiophene rings is 1. The number of nitrogens with one attached hydrogen (secondary N) is 2. The van der Waals surface area contributed by atoms with Gasteiger partial charge in [0.15, 0.2) is 5.76 Å². The molecule has 2 N–H and O–H groups in total. The number of nitriles is 1. The van der Waals surface area contributed by atoms with Crippen LogP contribution in [0.2, 0.25) is 0 Å². The van der Waals surface area contributed by atoms with Crippen LogP contribution >= 0.6 is 11.3 Å². The second kappa shape index (κ2) is 9.33. The fourth-order valence-electron chi connectivity index (χ4n) is 3.97. The molecule has 11 heteroatoms. The van der Waals surface area contributed by atoms with E-state index in [0.29, 0.717) is 18.4 Å². The number of amides is 1. The molecule has 1 amide bonds. The van der Waals surface area contributed by atoms with Crippen molar-refractivity contribution in [1.29, 1.82) is 5.26 Å². The molecule has 7 nitrogen and oxygen atoms in total. The van der Waals surface area contributed by atoms with Gasteiger partial charge in [0.05, 0.1) is 18.4 Å². The maximum atomic E-state index is 14.5. The number of halogens is 3. The minimum Gasteiger partial charge on any atom is -0.463 e. The third-order valence-electron chi connectivity index (χ3n) is 5.96. The molecule has 1 aliphatic rings. The monoisotopic (exact) mass is 497 g/mol. The van der Waals surface area contributed by atoms with Crippen molar-refractivity contribution in [3.8, 4) is 6.07 Å². The maximum Gasteiger partial charge on any atom is 0.441 e. The van der Waals surface area contributed by atoms with Crippen LogP contribution in [0.4, 0.5) is 18.2 Å². The van der Waals surface area contributed by atoms with Crippen molar-refractivity contribution >= 4 is 28.2 Å². The number of nitrogens with zero attached hydrogens (tertiary/aromatic N) is 1. The SMILES string of the molecule is CCOC(=O)[C@](NC(=O)c1ccco1)(Nc1sc2c(c1C#N)CC[C@H](C(C)(C)C)C2)C(F)(F)F. The summed E-state index contributed by atoms with van der Waals surface area (Å²) in [6.07, 6.45) is -2.26. The molecule has 0 aromatic carbocycles. The number of fused-ring (bicyclic) bond motifs is 1. The summed E-state index contributed by atoms with van der Waals surface area (Å²) in [5.74, 6) is -3.14. The molecule has 2 aromatic heterocycles. The maximum absolute atomic E-state index is 14.5. The third-order valence-corrected chi connectivity index (χ3v) is 7.13. The first-order chi connectivity index (χ1) is 15.8. The van der Waals surface area contributed by atoms with E-state index in [-0.39, 0.29) is 28.5 Å². The van der Waals surface area contributed by atoms with Gasteiger partial charge in [-0.25, -0.2) is 4.79 Å². The predicted octanol–water partition coefficient (Wildman–Crippen LogP) is 5.03. The van der Waals surface area contributed by atoms with E-state index in [1.54, 1.807) is 5.32 Å². The van der Waals surface area contributed by atoms with Crippen LogP contribution in [0.15, 0.2) is 22.8 Å². The molecule has 2 heterocycles. The van der Waals surface area contributed by atoms with Crippen LogP contribution in [0.5, 0.6) is 0 Å².